The second kappa shape index (κ2) is 6.53. The van der Waals surface area contributed by atoms with Crippen molar-refractivity contribution in [1.82, 2.24) is 9.80 Å². The lowest BCUT2D eigenvalue weighted by atomic mass is 9.84. The number of likely N-dealkylation sites (tertiary alicyclic amines) is 1. The topological polar surface area (TPSA) is 60.9 Å². The zero-order valence-electron chi connectivity index (χ0n) is 12.2. The molecule has 122 valence electrons. The number of rotatable bonds is 5. The normalized spacial score (nSPS) is 22.4. The van der Waals surface area contributed by atoms with Crippen molar-refractivity contribution in [3.05, 3.63) is 0 Å². The van der Waals surface area contributed by atoms with Gasteiger partial charge in [0.2, 0.25) is 0 Å². The number of carbonyl (C=O) groups excluding carboxylic acids is 1. The third-order valence-electron chi connectivity index (χ3n) is 3.89. The minimum Gasteiger partial charge on any atom is -0.481 e. The van der Waals surface area contributed by atoms with Gasteiger partial charge in [0.1, 0.15) is 6.54 Å². The number of hydrogen-bond acceptors (Lipinski definition) is 2. The predicted octanol–water partition coefficient (Wildman–Crippen LogP) is 2.57. The van der Waals surface area contributed by atoms with Gasteiger partial charge < -0.3 is 14.9 Å². The maximum atomic E-state index is 12.5. The Kier molecular flexibility index (Phi) is 5.47. The van der Waals surface area contributed by atoms with Gasteiger partial charge in [-0.1, -0.05) is 13.8 Å². The standard InChI is InChI=1S/C13H21F3N2O3/c1-3-6-17(9-13(14,15)16)11(21)18-7-5-12(4-2,8-18)10(19)20/h3-9H2,1-2H3,(H,19,20). The molecule has 1 rings (SSSR count). The third-order valence-corrected chi connectivity index (χ3v) is 3.89. The number of alkyl halides is 3. The van der Waals surface area contributed by atoms with E-state index in [0.29, 0.717) is 12.8 Å². The van der Waals surface area contributed by atoms with E-state index < -0.39 is 30.1 Å². The van der Waals surface area contributed by atoms with Gasteiger partial charge in [-0.15, -0.1) is 0 Å². The van der Waals surface area contributed by atoms with Crippen LogP contribution in [0.3, 0.4) is 0 Å². The van der Waals surface area contributed by atoms with Crippen LogP contribution in [0.15, 0.2) is 0 Å². The molecule has 21 heavy (non-hydrogen) atoms. The Morgan fingerprint density at radius 1 is 1.33 bits per heavy atom. The molecule has 1 unspecified atom stereocenters. The van der Waals surface area contributed by atoms with Gasteiger partial charge >= 0.3 is 18.2 Å². The Bertz CT molecular complexity index is 401. The van der Waals surface area contributed by atoms with Crippen molar-refractivity contribution in [1.29, 1.82) is 0 Å². The Morgan fingerprint density at radius 2 is 1.95 bits per heavy atom. The lowest BCUT2D eigenvalue weighted by Gasteiger charge is -2.29. The fourth-order valence-corrected chi connectivity index (χ4v) is 2.58. The van der Waals surface area contributed by atoms with Crippen molar-refractivity contribution in [3.63, 3.8) is 0 Å². The van der Waals surface area contributed by atoms with E-state index in [1.807, 2.05) is 0 Å². The largest absolute Gasteiger partial charge is 0.481 e. The predicted molar refractivity (Wildman–Crippen MR) is 69.9 cm³/mol. The summed E-state index contributed by atoms with van der Waals surface area (Å²) in [6.45, 7) is 2.24. The number of halogens is 3. The summed E-state index contributed by atoms with van der Waals surface area (Å²) in [6.07, 6.45) is -3.43. The summed E-state index contributed by atoms with van der Waals surface area (Å²) in [5.74, 6) is -1.00. The summed E-state index contributed by atoms with van der Waals surface area (Å²) in [5, 5.41) is 9.26. The van der Waals surface area contributed by atoms with Crippen LogP contribution in [-0.4, -0.2) is 59.3 Å². The Balaban J connectivity index is 2.80. The van der Waals surface area contributed by atoms with E-state index in [1.165, 1.54) is 4.90 Å². The highest BCUT2D eigenvalue weighted by molar-refractivity contribution is 5.79. The first-order valence-electron chi connectivity index (χ1n) is 6.99. The van der Waals surface area contributed by atoms with Crippen LogP contribution in [0.25, 0.3) is 0 Å². The van der Waals surface area contributed by atoms with E-state index >= 15 is 0 Å². The molecule has 5 nitrogen and oxygen atoms in total. The van der Waals surface area contributed by atoms with Crippen LogP contribution in [0.2, 0.25) is 0 Å². The molecule has 1 saturated heterocycles. The maximum absolute atomic E-state index is 12.5. The van der Waals surface area contributed by atoms with Crippen molar-refractivity contribution < 1.29 is 27.9 Å². The Hall–Kier alpha value is -1.47. The smallest absolute Gasteiger partial charge is 0.406 e. The second-order valence-electron chi connectivity index (χ2n) is 5.43. The molecule has 0 bridgehead atoms. The van der Waals surface area contributed by atoms with Crippen LogP contribution < -0.4 is 0 Å². The molecule has 0 radical (unpaired) electrons. The SMILES string of the molecule is CCCN(CC(F)(F)F)C(=O)N1CCC(CC)(C(=O)O)C1. The maximum Gasteiger partial charge on any atom is 0.406 e. The fraction of sp³-hybridized carbons (Fsp3) is 0.846. The van der Waals surface area contributed by atoms with Gasteiger partial charge in [0, 0.05) is 19.6 Å². The molecule has 1 fully saturated rings. The monoisotopic (exact) mass is 310 g/mol. The van der Waals surface area contributed by atoms with Crippen LogP contribution in [0.4, 0.5) is 18.0 Å². The summed E-state index contributed by atoms with van der Waals surface area (Å²) >= 11 is 0. The number of hydrogen-bond donors (Lipinski definition) is 1. The number of carbonyl (C=O) groups is 2. The van der Waals surface area contributed by atoms with Crippen molar-refractivity contribution in [3.8, 4) is 0 Å². The van der Waals surface area contributed by atoms with Crippen LogP contribution in [0.5, 0.6) is 0 Å². The highest BCUT2D eigenvalue weighted by atomic mass is 19.4. The molecule has 1 N–H and O–H groups in total. The minimum atomic E-state index is -4.46. The van der Waals surface area contributed by atoms with Crippen molar-refractivity contribution >= 4 is 12.0 Å². The van der Waals surface area contributed by atoms with Gasteiger partial charge in [-0.2, -0.15) is 13.2 Å². The van der Waals surface area contributed by atoms with E-state index in [-0.39, 0.29) is 26.1 Å². The molecular formula is C13H21F3N2O3. The van der Waals surface area contributed by atoms with Gasteiger partial charge in [-0.25, -0.2) is 4.79 Å². The van der Waals surface area contributed by atoms with Crippen LogP contribution >= 0.6 is 0 Å². The van der Waals surface area contributed by atoms with E-state index in [0.717, 1.165) is 4.90 Å². The number of amides is 2. The first kappa shape index (κ1) is 17.6. The Labute approximate surface area is 121 Å². The first-order valence-corrected chi connectivity index (χ1v) is 6.99. The summed E-state index contributed by atoms with van der Waals surface area (Å²) in [6, 6.07) is -0.731. The lowest BCUT2D eigenvalue weighted by Crippen LogP contribution is -2.47. The van der Waals surface area contributed by atoms with Crippen molar-refractivity contribution in [2.45, 2.75) is 39.3 Å². The van der Waals surface area contributed by atoms with Gasteiger partial charge in [-0.3, -0.25) is 4.79 Å². The van der Waals surface area contributed by atoms with Gasteiger partial charge in [-0.05, 0) is 19.3 Å². The third kappa shape index (κ3) is 4.25. The molecule has 0 saturated carbocycles. The molecule has 1 aliphatic heterocycles. The van der Waals surface area contributed by atoms with Crippen molar-refractivity contribution in [2.75, 3.05) is 26.2 Å². The van der Waals surface area contributed by atoms with Crippen LogP contribution in [-0.2, 0) is 4.79 Å². The zero-order valence-corrected chi connectivity index (χ0v) is 12.2. The van der Waals surface area contributed by atoms with E-state index in [1.54, 1.807) is 13.8 Å². The van der Waals surface area contributed by atoms with E-state index in [2.05, 4.69) is 0 Å². The molecule has 2 amide bonds. The lowest BCUT2D eigenvalue weighted by molar-refractivity contribution is -0.148. The Morgan fingerprint density at radius 3 is 2.33 bits per heavy atom. The molecule has 0 aromatic rings. The van der Waals surface area contributed by atoms with Crippen molar-refractivity contribution in [2.24, 2.45) is 5.41 Å². The number of carboxylic acids is 1. The quantitative estimate of drug-likeness (QED) is 0.849. The highest BCUT2D eigenvalue weighted by Crippen LogP contribution is 2.34. The van der Waals surface area contributed by atoms with Gasteiger partial charge in [0.05, 0.1) is 5.41 Å². The molecule has 0 aliphatic carbocycles. The summed E-state index contributed by atoms with van der Waals surface area (Å²) in [4.78, 5) is 25.5. The number of aliphatic carboxylic acids is 1. The summed E-state index contributed by atoms with van der Waals surface area (Å²) in [5.41, 5.74) is -1.04. The van der Waals surface area contributed by atoms with E-state index in [9.17, 15) is 27.9 Å². The molecule has 1 atom stereocenters. The number of carboxylic acid groups (broad SMARTS) is 1. The minimum absolute atomic E-state index is 0.00103. The molecule has 1 aliphatic rings. The van der Waals surface area contributed by atoms with Crippen LogP contribution in [0.1, 0.15) is 33.1 Å². The van der Waals surface area contributed by atoms with Gasteiger partial charge in [0.15, 0.2) is 0 Å². The summed E-state index contributed by atoms with van der Waals surface area (Å²) in [7, 11) is 0. The fourth-order valence-electron chi connectivity index (χ4n) is 2.58. The van der Waals surface area contributed by atoms with Gasteiger partial charge in [0.25, 0.3) is 0 Å². The molecular weight excluding hydrogens is 289 g/mol. The first-order chi connectivity index (χ1) is 9.65. The zero-order chi connectivity index (χ0) is 16.3. The van der Waals surface area contributed by atoms with Crippen LogP contribution in [0, 0.1) is 5.41 Å². The molecule has 0 aromatic heterocycles. The average Bonchev–Trinajstić information content (AvgIpc) is 2.81. The average molecular weight is 310 g/mol. The summed E-state index contributed by atoms with van der Waals surface area (Å²) < 4.78 is 37.5. The number of urea groups is 1. The molecule has 0 spiro atoms. The molecule has 1 heterocycles. The number of nitrogens with zero attached hydrogens (tertiary/aromatic N) is 2. The molecule has 0 aromatic carbocycles. The second-order valence-corrected chi connectivity index (χ2v) is 5.43. The van der Waals surface area contributed by atoms with E-state index in [4.69, 9.17) is 0 Å². The highest BCUT2D eigenvalue weighted by Gasteiger charge is 2.46. The molecule has 8 heteroatoms.